The second-order valence-corrected chi connectivity index (χ2v) is 4.06. The molecule has 16 heavy (non-hydrogen) atoms. The summed E-state index contributed by atoms with van der Waals surface area (Å²) in [5, 5.41) is 0. The number of allylic oxidation sites excluding steroid dienone is 3. The quantitative estimate of drug-likeness (QED) is 0.408. The maximum Gasteiger partial charge on any atom is 0.307 e. The molecular formula is C13H18O3. The van der Waals surface area contributed by atoms with Crippen LogP contribution in [0.3, 0.4) is 0 Å². The van der Waals surface area contributed by atoms with Gasteiger partial charge in [-0.15, -0.1) is 6.58 Å². The molecular weight excluding hydrogens is 204 g/mol. The fourth-order valence-electron chi connectivity index (χ4n) is 1.87. The van der Waals surface area contributed by atoms with Crippen molar-refractivity contribution in [2.45, 2.75) is 39.0 Å². The zero-order valence-electron chi connectivity index (χ0n) is 9.70. The van der Waals surface area contributed by atoms with Gasteiger partial charge in [-0.3, -0.25) is 9.59 Å². The van der Waals surface area contributed by atoms with E-state index in [9.17, 15) is 9.59 Å². The maximum absolute atomic E-state index is 11.7. The number of ether oxygens (including phenoxy) is 1. The average Bonchev–Trinajstić information content (AvgIpc) is 2.20. The number of unbranched alkanes of at least 4 members (excludes halogenated alkanes) is 1. The van der Waals surface area contributed by atoms with Crippen molar-refractivity contribution < 1.29 is 14.3 Å². The second-order valence-electron chi connectivity index (χ2n) is 4.06. The van der Waals surface area contributed by atoms with E-state index in [1.807, 2.05) is 6.08 Å². The highest BCUT2D eigenvalue weighted by Crippen LogP contribution is 2.25. The third-order valence-corrected chi connectivity index (χ3v) is 2.68. The standard InChI is InChI=1S/C13H18O3/c1-3-4-5-6-11-7-8-12(9-13(11)15)16-10(2)14/h3,9,11H,1,4-8H2,2H3. The van der Waals surface area contributed by atoms with Gasteiger partial charge in [0, 0.05) is 25.3 Å². The summed E-state index contributed by atoms with van der Waals surface area (Å²) in [5.41, 5.74) is 0. The fraction of sp³-hybridized carbons (Fsp3) is 0.538. The number of hydrogen-bond donors (Lipinski definition) is 0. The lowest BCUT2D eigenvalue weighted by Crippen LogP contribution is -2.19. The first-order valence-corrected chi connectivity index (χ1v) is 5.67. The van der Waals surface area contributed by atoms with Crippen LogP contribution < -0.4 is 0 Å². The van der Waals surface area contributed by atoms with Crippen LogP contribution in [-0.2, 0) is 14.3 Å². The molecule has 0 amide bonds. The van der Waals surface area contributed by atoms with Crippen LogP contribution in [0.2, 0.25) is 0 Å². The van der Waals surface area contributed by atoms with Crippen LogP contribution in [0.1, 0.15) is 39.0 Å². The number of carbonyl (C=O) groups is 2. The molecule has 0 spiro atoms. The minimum Gasteiger partial charge on any atom is -0.431 e. The van der Waals surface area contributed by atoms with Crippen LogP contribution in [0.15, 0.2) is 24.5 Å². The largest absolute Gasteiger partial charge is 0.431 e. The first-order chi connectivity index (χ1) is 7.63. The molecule has 0 aromatic rings. The molecule has 0 aromatic carbocycles. The zero-order chi connectivity index (χ0) is 12.0. The van der Waals surface area contributed by atoms with Gasteiger partial charge in [-0.1, -0.05) is 6.08 Å². The van der Waals surface area contributed by atoms with E-state index in [1.165, 1.54) is 13.0 Å². The third-order valence-electron chi connectivity index (χ3n) is 2.68. The van der Waals surface area contributed by atoms with Crippen molar-refractivity contribution in [1.82, 2.24) is 0 Å². The van der Waals surface area contributed by atoms with Crippen molar-refractivity contribution in [3.63, 3.8) is 0 Å². The Morgan fingerprint density at radius 1 is 1.69 bits per heavy atom. The molecule has 0 N–H and O–H groups in total. The van der Waals surface area contributed by atoms with Crippen LogP contribution in [-0.4, -0.2) is 11.8 Å². The van der Waals surface area contributed by atoms with E-state index in [2.05, 4.69) is 6.58 Å². The second kappa shape index (κ2) is 6.26. The Labute approximate surface area is 96.2 Å². The van der Waals surface area contributed by atoms with E-state index in [0.29, 0.717) is 12.2 Å². The fourth-order valence-corrected chi connectivity index (χ4v) is 1.87. The number of ketones is 1. The molecule has 1 atom stereocenters. The molecule has 0 aliphatic heterocycles. The van der Waals surface area contributed by atoms with Crippen LogP contribution in [0.25, 0.3) is 0 Å². The molecule has 0 saturated carbocycles. The smallest absolute Gasteiger partial charge is 0.307 e. The number of esters is 1. The summed E-state index contributed by atoms with van der Waals surface area (Å²) in [6, 6.07) is 0. The minimum absolute atomic E-state index is 0.0894. The summed E-state index contributed by atoms with van der Waals surface area (Å²) in [6.45, 7) is 5.00. The minimum atomic E-state index is -0.357. The molecule has 3 heteroatoms. The van der Waals surface area contributed by atoms with Crippen molar-refractivity contribution >= 4 is 11.8 Å². The van der Waals surface area contributed by atoms with Gasteiger partial charge >= 0.3 is 5.97 Å². The first-order valence-electron chi connectivity index (χ1n) is 5.67. The lowest BCUT2D eigenvalue weighted by atomic mass is 9.88. The molecule has 88 valence electrons. The van der Waals surface area contributed by atoms with E-state index in [0.717, 1.165) is 25.7 Å². The number of hydrogen-bond acceptors (Lipinski definition) is 3. The Bertz CT molecular complexity index is 315. The van der Waals surface area contributed by atoms with Gasteiger partial charge in [-0.2, -0.15) is 0 Å². The van der Waals surface area contributed by atoms with Crippen LogP contribution >= 0.6 is 0 Å². The Hall–Kier alpha value is -1.38. The summed E-state index contributed by atoms with van der Waals surface area (Å²) < 4.78 is 4.92. The third kappa shape index (κ3) is 4.01. The SMILES string of the molecule is C=CCCCC1CCC(OC(C)=O)=CC1=O. The van der Waals surface area contributed by atoms with Crippen LogP contribution in [0, 0.1) is 5.92 Å². The summed E-state index contributed by atoms with van der Waals surface area (Å²) in [7, 11) is 0. The molecule has 1 aliphatic rings. The average molecular weight is 222 g/mol. The Morgan fingerprint density at radius 2 is 2.44 bits per heavy atom. The number of rotatable bonds is 5. The predicted octanol–water partition coefficient (Wildman–Crippen LogP) is 2.77. The summed E-state index contributed by atoms with van der Waals surface area (Å²) in [6.07, 6.45) is 7.66. The number of carbonyl (C=O) groups excluding carboxylic acids is 2. The molecule has 0 saturated heterocycles. The monoisotopic (exact) mass is 222 g/mol. The Balaban J connectivity index is 2.44. The molecule has 0 heterocycles. The molecule has 0 fully saturated rings. The van der Waals surface area contributed by atoms with Crippen molar-refractivity contribution in [2.24, 2.45) is 5.92 Å². The van der Waals surface area contributed by atoms with Gasteiger partial charge in [0.15, 0.2) is 5.78 Å². The predicted molar refractivity (Wildman–Crippen MR) is 61.6 cm³/mol. The molecule has 1 aliphatic carbocycles. The van der Waals surface area contributed by atoms with Gasteiger partial charge in [0.05, 0.1) is 0 Å². The summed E-state index contributed by atoms with van der Waals surface area (Å²) in [4.78, 5) is 22.4. The van der Waals surface area contributed by atoms with Crippen molar-refractivity contribution in [3.05, 3.63) is 24.5 Å². The topological polar surface area (TPSA) is 43.4 Å². The normalized spacial score (nSPS) is 20.2. The molecule has 0 aromatic heterocycles. The van der Waals surface area contributed by atoms with Crippen molar-refractivity contribution in [3.8, 4) is 0 Å². The molecule has 1 rings (SSSR count). The van der Waals surface area contributed by atoms with Crippen molar-refractivity contribution in [1.29, 1.82) is 0 Å². The highest BCUT2D eigenvalue weighted by atomic mass is 16.5. The maximum atomic E-state index is 11.7. The summed E-state index contributed by atoms with van der Waals surface area (Å²) in [5.74, 6) is 0.340. The first kappa shape index (κ1) is 12.7. The van der Waals surface area contributed by atoms with E-state index >= 15 is 0 Å². The van der Waals surface area contributed by atoms with E-state index in [1.54, 1.807) is 0 Å². The van der Waals surface area contributed by atoms with E-state index in [-0.39, 0.29) is 17.7 Å². The van der Waals surface area contributed by atoms with Gasteiger partial charge in [0.25, 0.3) is 0 Å². The van der Waals surface area contributed by atoms with Crippen LogP contribution in [0.5, 0.6) is 0 Å². The Kier molecular flexibility index (Phi) is 4.96. The highest BCUT2D eigenvalue weighted by molar-refractivity contribution is 5.93. The van der Waals surface area contributed by atoms with Gasteiger partial charge in [-0.05, 0) is 25.7 Å². The van der Waals surface area contributed by atoms with E-state index < -0.39 is 0 Å². The van der Waals surface area contributed by atoms with E-state index in [4.69, 9.17) is 4.74 Å². The molecule has 0 bridgehead atoms. The van der Waals surface area contributed by atoms with Gasteiger partial charge in [0.2, 0.25) is 0 Å². The highest BCUT2D eigenvalue weighted by Gasteiger charge is 2.23. The summed E-state index contributed by atoms with van der Waals surface area (Å²) >= 11 is 0. The Morgan fingerprint density at radius 3 is 3.00 bits per heavy atom. The zero-order valence-corrected chi connectivity index (χ0v) is 9.70. The lowest BCUT2D eigenvalue weighted by molar-refractivity contribution is -0.137. The molecule has 1 unspecified atom stereocenters. The van der Waals surface area contributed by atoms with Crippen LogP contribution in [0.4, 0.5) is 0 Å². The molecule has 3 nitrogen and oxygen atoms in total. The van der Waals surface area contributed by atoms with Gasteiger partial charge in [0.1, 0.15) is 5.76 Å². The van der Waals surface area contributed by atoms with Gasteiger partial charge in [-0.25, -0.2) is 0 Å². The van der Waals surface area contributed by atoms with Gasteiger partial charge < -0.3 is 4.74 Å². The van der Waals surface area contributed by atoms with Crippen molar-refractivity contribution in [2.75, 3.05) is 0 Å². The lowest BCUT2D eigenvalue weighted by Gasteiger charge is -2.19. The molecule has 0 radical (unpaired) electrons.